The maximum Gasteiger partial charge on any atom is 0.408 e. The van der Waals surface area contributed by atoms with Gasteiger partial charge in [-0.3, -0.25) is 4.79 Å². The molecule has 2 amide bonds. The highest BCUT2D eigenvalue weighted by Crippen LogP contribution is 2.20. The van der Waals surface area contributed by atoms with E-state index in [9.17, 15) is 19.5 Å². The van der Waals surface area contributed by atoms with Gasteiger partial charge in [0.25, 0.3) is 5.91 Å². The summed E-state index contributed by atoms with van der Waals surface area (Å²) in [6.07, 6.45) is 4.45. The van der Waals surface area contributed by atoms with E-state index in [1.54, 1.807) is 36.5 Å². The fraction of sp³-hybridized carbons (Fsp3) is 0.308. The Bertz CT molecular complexity index is 1210. The summed E-state index contributed by atoms with van der Waals surface area (Å²) in [5, 5.41) is 17.5. The zero-order valence-corrected chi connectivity index (χ0v) is 19.8. The number of carboxylic acid groups (broad SMARTS) is 1. The number of benzene rings is 1. The fourth-order valence-electron chi connectivity index (χ4n) is 3.89. The molecule has 1 aliphatic heterocycles. The number of nitrogens with one attached hydrogen (secondary N) is 4. The van der Waals surface area contributed by atoms with Crippen LogP contribution in [0.1, 0.15) is 39.3 Å². The van der Waals surface area contributed by atoms with Crippen LogP contribution in [-0.4, -0.2) is 52.2 Å². The van der Waals surface area contributed by atoms with E-state index in [0.29, 0.717) is 12.1 Å². The number of aromatic nitrogens is 2. The van der Waals surface area contributed by atoms with Gasteiger partial charge >= 0.3 is 12.1 Å². The van der Waals surface area contributed by atoms with Crippen LogP contribution in [0.4, 0.5) is 10.6 Å². The van der Waals surface area contributed by atoms with Crippen LogP contribution < -0.4 is 16.0 Å². The first-order chi connectivity index (χ1) is 17.5. The topological polar surface area (TPSA) is 145 Å². The lowest BCUT2D eigenvalue weighted by Crippen LogP contribution is -2.48. The van der Waals surface area contributed by atoms with Crippen molar-refractivity contribution in [2.45, 2.75) is 38.3 Å². The summed E-state index contributed by atoms with van der Waals surface area (Å²) in [5.74, 6) is -0.798. The number of carbonyl (C=O) groups is 3. The standard InChI is InChI=1S/C26H29N5O5/c32-24(29-15-22(25(33)34)31-26(35)36-16-17-5-2-1-3-6-17)21-13-18(14-28-21)8-10-20-11-9-19-7-4-12-27-23(19)30-20/h1-3,5-6,9,11,13-14,22,28H,4,7-8,10,12,15-16H2,(H,27,30)(H,29,32)(H,31,35)(H,33,34). The van der Waals surface area contributed by atoms with E-state index in [1.807, 2.05) is 12.1 Å². The SMILES string of the molecule is O=C(NC(CNC(=O)c1cc(CCc2ccc3c(n2)NCCC3)c[nH]1)C(=O)O)OCc1ccccc1. The first-order valence-corrected chi connectivity index (χ1v) is 11.9. The van der Waals surface area contributed by atoms with E-state index in [0.717, 1.165) is 48.4 Å². The molecule has 1 unspecified atom stereocenters. The van der Waals surface area contributed by atoms with Crippen molar-refractivity contribution < 1.29 is 24.2 Å². The van der Waals surface area contributed by atoms with Crippen LogP contribution in [0.3, 0.4) is 0 Å². The normalized spacial score (nSPS) is 13.1. The number of ether oxygens (including phenoxy) is 1. The average molecular weight is 492 g/mol. The number of H-pyrrole nitrogens is 1. The van der Waals surface area contributed by atoms with Crippen molar-refractivity contribution in [1.29, 1.82) is 0 Å². The number of fused-ring (bicyclic) bond motifs is 1. The number of hydrogen-bond donors (Lipinski definition) is 5. The number of carbonyl (C=O) groups excluding carboxylic acids is 2. The molecule has 36 heavy (non-hydrogen) atoms. The van der Waals surface area contributed by atoms with E-state index in [4.69, 9.17) is 4.74 Å². The highest BCUT2D eigenvalue weighted by Gasteiger charge is 2.22. The molecule has 0 saturated carbocycles. The molecule has 5 N–H and O–H groups in total. The van der Waals surface area contributed by atoms with Gasteiger partial charge < -0.3 is 30.8 Å². The van der Waals surface area contributed by atoms with Crippen molar-refractivity contribution >= 4 is 23.8 Å². The van der Waals surface area contributed by atoms with Gasteiger partial charge in [0.1, 0.15) is 24.2 Å². The van der Waals surface area contributed by atoms with Gasteiger partial charge in [-0.05, 0) is 54.5 Å². The van der Waals surface area contributed by atoms with Crippen molar-refractivity contribution in [3.8, 4) is 0 Å². The van der Waals surface area contributed by atoms with E-state index in [-0.39, 0.29) is 13.2 Å². The highest BCUT2D eigenvalue weighted by molar-refractivity contribution is 5.93. The van der Waals surface area contributed by atoms with Crippen molar-refractivity contribution in [2.75, 3.05) is 18.4 Å². The second-order valence-electron chi connectivity index (χ2n) is 8.57. The van der Waals surface area contributed by atoms with Crippen LogP contribution in [-0.2, 0) is 35.4 Å². The minimum atomic E-state index is -1.34. The van der Waals surface area contributed by atoms with Gasteiger partial charge in [-0.2, -0.15) is 0 Å². The Balaban J connectivity index is 1.24. The maximum atomic E-state index is 12.5. The van der Waals surface area contributed by atoms with Crippen molar-refractivity contribution in [3.05, 3.63) is 82.8 Å². The number of anilines is 1. The molecule has 0 fully saturated rings. The van der Waals surface area contributed by atoms with Crippen LogP contribution in [0.5, 0.6) is 0 Å². The first-order valence-electron chi connectivity index (χ1n) is 11.9. The van der Waals surface area contributed by atoms with Crippen molar-refractivity contribution in [3.63, 3.8) is 0 Å². The fourth-order valence-corrected chi connectivity index (χ4v) is 3.89. The van der Waals surface area contributed by atoms with Crippen molar-refractivity contribution in [1.82, 2.24) is 20.6 Å². The zero-order chi connectivity index (χ0) is 25.3. The summed E-state index contributed by atoms with van der Waals surface area (Å²) in [5.41, 5.74) is 4.23. The van der Waals surface area contributed by atoms with Gasteiger partial charge in [0.15, 0.2) is 0 Å². The molecule has 188 valence electrons. The van der Waals surface area contributed by atoms with Crippen LogP contribution in [0.15, 0.2) is 54.7 Å². The number of rotatable bonds is 10. The molecule has 1 atom stereocenters. The maximum absolute atomic E-state index is 12.5. The Labute approximate surface area is 208 Å². The number of aromatic amines is 1. The predicted molar refractivity (Wildman–Crippen MR) is 133 cm³/mol. The van der Waals surface area contributed by atoms with Gasteiger partial charge in [0.05, 0.1) is 0 Å². The summed E-state index contributed by atoms with van der Waals surface area (Å²) >= 11 is 0. The van der Waals surface area contributed by atoms with Gasteiger partial charge in [0, 0.05) is 25.0 Å². The quantitative estimate of drug-likeness (QED) is 0.293. The third kappa shape index (κ3) is 6.84. The number of nitrogens with zero attached hydrogens (tertiary/aromatic N) is 1. The minimum Gasteiger partial charge on any atom is -0.480 e. The number of hydrogen-bond acceptors (Lipinski definition) is 6. The van der Waals surface area contributed by atoms with Crippen LogP contribution >= 0.6 is 0 Å². The van der Waals surface area contributed by atoms with Crippen LogP contribution in [0.25, 0.3) is 0 Å². The first kappa shape index (κ1) is 24.8. The molecule has 0 saturated heterocycles. The number of amides is 2. The molecule has 3 heterocycles. The molecule has 10 nitrogen and oxygen atoms in total. The summed E-state index contributed by atoms with van der Waals surface area (Å²) in [4.78, 5) is 43.6. The molecule has 0 spiro atoms. The second kappa shape index (κ2) is 11.9. The molecule has 2 aromatic heterocycles. The van der Waals surface area contributed by atoms with E-state index < -0.39 is 24.0 Å². The third-order valence-electron chi connectivity index (χ3n) is 5.88. The molecule has 0 radical (unpaired) electrons. The average Bonchev–Trinajstić information content (AvgIpc) is 3.38. The van der Waals surface area contributed by atoms with Crippen LogP contribution in [0, 0.1) is 0 Å². The lowest BCUT2D eigenvalue weighted by molar-refractivity contribution is -0.139. The summed E-state index contributed by atoms with van der Waals surface area (Å²) < 4.78 is 5.06. The molecule has 1 aromatic carbocycles. The lowest BCUT2D eigenvalue weighted by atomic mass is 10.1. The monoisotopic (exact) mass is 491 g/mol. The Kier molecular flexibility index (Phi) is 8.17. The van der Waals surface area contributed by atoms with E-state index in [1.165, 1.54) is 5.56 Å². The molecule has 10 heteroatoms. The molecule has 3 aromatic rings. The molecular weight excluding hydrogens is 462 g/mol. The Morgan fingerprint density at radius 3 is 2.72 bits per heavy atom. The van der Waals surface area contributed by atoms with E-state index in [2.05, 4.69) is 32.0 Å². The van der Waals surface area contributed by atoms with E-state index >= 15 is 0 Å². The van der Waals surface area contributed by atoms with Gasteiger partial charge in [-0.25, -0.2) is 14.6 Å². The number of aliphatic carboxylic acids is 1. The highest BCUT2D eigenvalue weighted by atomic mass is 16.5. The lowest BCUT2D eigenvalue weighted by Gasteiger charge is -2.17. The summed E-state index contributed by atoms with van der Waals surface area (Å²) in [6.45, 7) is 0.649. The molecule has 4 rings (SSSR count). The summed E-state index contributed by atoms with van der Waals surface area (Å²) in [6, 6.07) is 13.6. The largest absolute Gasteiger partial charge is 0.480 e. The second-order valence-corrected chi connectivity index (χ2v) is 8.57. The Morgan fingerprint density at radius 1 is 1.08 bits per heavy atom. The molecular formula is C26H29N5O5. The minimum absolute atomic E-state index is 0.00805. The number of carboxylic acids is 1. The summed E-state index contributed by atoms with van der Waals surface area (Å²) in [7, 11) is 0. The van der Waals surface area contributed by atoms with Gasteiger partial charge in [0.2, 0.25) is 0 Å². The molecule has 1 aliphatic rings. The van der Waals surface area contributed by atoms with Gasteiger partial charge in [-0.1, -0.05) is 36.4 Å². The van der Waals surface area contributed by atoms with Crippen molar-refractivity contribution in [2.24, 2.45) is 0 Å². The third-order valence-corrected chi connectivity index (χ3v) is 5.88. The smallest absolute Gasteiger partial charge is 0.408 e. The molecule has 0 aliphatic carbocycles. The Morgan fingerprint density at radius 2 is 1.92 bits per heavy atom. The van der Waals surface area contributed by atoms with Crippen LogP contribution in [0.2, 0.25) is 0 Å². The van der Waals surface area contributed by atoms with Gasteiger partial charge in [-0.15, -0.1) is 0 Å². The number of pyridine rings is 1. The number of aryl methyl sites for hydroxylation is 3. The number of alkyl carbamates (subject to hydrolysis) is 1. The Hall–Kier alpha value is -4.34. The predicted octanol–water partition coefficient (Wildman–Crippen LogP) is 2.66. The molecule has 0 bridgehead atoms. The zero-order valence-electron chi connectivity index (χ0n) is 19.8.